The molecule has 0 spiro atoms. The molecule has 0 bridgehead atoms. The average Bonchev–Trinajstić information content (AvgIpc) is 2.74. The molecule has 3 unspecified atom stereocenters. The van der Waals surface area contributed by atoms with Gasteiger partial charge in [0.1, 0.15) is 0 Å². The molecule has 2 aromatic rings. The second kappa shape index (κ2) is 9.27. The highest BCUT2D eigenvalue weighted by Crippen LogP contribution is 2.50. The Kier molecular flexibility index (Phi) is 6.75. The molecule has 1 aliphatic rings. The van der Waals surface area contributed by atoms with Gasteiger partial charge in [0.2, 0.25) is 0 Å². The first-order valence-electron chi connectivity index (χ1n) is 10.9. The van der Waals surface area contributed by atoms with Crippen LogP contribution >= 0.6 is 0 Å². The largest absolute Gasteiger partial charge is 0.480 e. The molecule has 29 heavy (non-hydrogen) atoms. The van der Waals surface area contributed by atoms with Crippen LogP contribution in [-0.2, 0) is 11.2 Å². The number of unbranched alkanes of at least 4 members (excludes halogenated alkanes) is 2. The summed E-state index contributed by atoms with van der Waals surface area (Å²) >= 11 is 0. The highest BCUT2D eigenvalue weighted by molar-refractivity contribution is 5.80. The van der Waals surface area contributed by atoms with Crippen LogP contribution in [0.3, 0.4) is 0 Å². The summed E-state index contributed by atoms with van der Waals surface area (Å²) in [5, 5.41) is 19.6. The van der Waals surface area contributed by atoms with Crippen molar-refractivity contribution in [1.29, 1.82) is 5.26 Å². The summed E-state index contributed by atoms with van der Waals surface area (Å²) in [6.45, 7) is 4.29. The van der Waals surface area contributed by atoms with Crippen molar-refractivity contribution < 1.29 is 9.90 Å². The number of aliphatic carboxylic acids is 1. The summed E-state index contributed by atoms with van der Waals surface area (Å²) in [6, 6.07) is 19.1. The summed E-state index contributed by atoms with van der Waals surface area (Å²) in [4.78, 5) is 12.0. The van der Waals surface area contributed by atoms with E-state index in [1.807, 2.05) is 12.1 Å². The van der Waals surface area contributed by atoms with Crippen molar-refractivity contribution in [2.75, 3.05) is 0 Å². The monoisotopic (exact) mass is 389 g/mol. The van der Waals surface area contributed by atoms with E-state index in [1.54, 1.807) is 0 Å². The molecule has 0 aromatic heterocycles. The van der Waals surface area contributed by atoms with E-state index in [2.05, 4.69) is 56.3 Å². The molecule has 3 heteroatoms. The Labute approximate surface area is 174 Å². The molecule has 1 aliphatic carbocycles. The first-order chi connectivity index (χ1) is 14.0. The van der Waals surface area contributed by atoms with Crippen molar-refractivity contribution in [3.05, 3.63) is 59.7 Å². The lowest BCUT2D eigenvalue weighted by Gasteiger charge is -2.40. The van der Waals surface area contributed by atoms with Crippen molar-refractivity contribution in [2.24, 2.45) is 11.3 Å². The van der Waals surface area contributed by atoms with Crippen LogP contribution < -0.4 is 0 Å². The quantitative estimate of drug-likeness (QED) is 0.544. The van der Waals surface area contributed by atoms with Crippen LogP contribution in [0, 0.1) is 22.7 Å². The maximum absolute atomic E-state index is 12.0. The molecule has 152 valence electrons. The summed E-state index contributed by atoms with van der Waals surface area (Å²) in [5.74, 6) is -1.08. The van der Waals surface area contributed by atoms with Crippen LogP contribution in [0.4, 0.5) is 0 Å². The molecule has 0 radical (unpaired) electrons. The number of hydrogen-bond donors (Lipinski definition) is 1. The molecule has 1 fully saturated rings. The molecule has 0 heterocycles. The summed E-state index contributed by atoms with van der Waals surface area (Å²) in [6.07, 6.45) is 7.03. The summed E-state index contributed by atoms with van der Waals surface area (Å²) < 4.78 is 0. The fourth-order valence-electron chi connectivity index (χ4n) is 4.86. The van der Waals surface area contributed by atoms with Gasteiger partial charge < -0.3 is 5.11 Å². The van der Waals surface area contributed by atoms with Gasteiger partial charge in [-0.25, -0.2) is 0 Å². The molecular formula is C26H31NO2. The first kappa shape index (κ1) is 21.1. The smallest absolute Gasteiger partial charge is 0.324 e. The van der Waals surface area contributed by atoms with Crippen molar-refractivity contribution in [3.8, 4) is 17.2 Å². The van der Waals surface area contributed by atoms with Crippen molar-refractivity contribution in [1.82, 2.24) is 0 Å². The second-order valence-corrected chi connectivity index (χ2v) is 8.51. The van der Waals surface area contributed by atoms with E-state index < -0.39 is 11.4 Å². The Bertz CT molecular complexity index is 863. The number of carboxylic acid groups (broad SMARTS) is 1. The highest BCUT2D eigenvalue weighted by Gasteiger charge is 2.51. The third kappa shape index (κ3) is 4.37. The van der Waals surface area contributed by atoms with Gasteiger partial charge >= 0.3 is 5.97 Å². The van der Waals surface area contributed by atoms with Crippen molar-refractivity contribution in [3.63, 3.8) is 0 Å². The van der Waals surface area contributed by atoms with Crippen LogP contribution in [0.5, 0.6) is 0 Å². The van der Waals surface area contributed by atoms with Gasteiger partial charge in [0, 0.05) is 5.92 Å². The van der Waals surface area contributed by atoms with Crippen LogP contribution in [0.25, 0.3) is 11.1 Å². The number of benzene rings is 2. The van der Waals surface area contributed by atoms with Gasteiger partial charge in [-0.15, -0.1) is 0 Å². The molecule has 0 aliphatic heterocycles. The zero-order chi connectivity index (χ0) is 20.9. The van der Waals surface area contributed by atoms with Gasteiger partial charge in [-0.2, -0.15) is 5.26 Å². The van der Waals surface area contributed by atoms with Gasteiger partial charge in [-0.05, 0) is 53.9 Å². The lowest BCUT2D eigenvalue weighted by molar-refractivity contribution is -0.149. The Hall–Kier alpha value is -2.60. The maximum Gasteiger partial charge on any atom is 0.324 e. The molecule has 2 aromatic carbocycles. The number of carbonyl (C=O) groups is 1. The van der Waals surface area contributed by atoms with E-state index >= 15 is 0 Å². The molecule has 3 nitrogen and oxygen atoms in total. The third-order valence-corrected chi connectivity index (χ3v) is 6.54. The van der Waals surface area contributed by atoms with E-state index in [-0.39, 0.29) is 11.8 Å². The molecule has 1 N–H and O–H groups in total. The first-order valence-corrected chi connectivity index (χ1v) is 10.9. The fourth-order valence-corrected chi connectivity index (χ4v) is 4.86. The number of carboxylic acids is 1. The van der Waals surface area contributed by atoms with E-state index in [4.69, 9.17) is 0 Å². The van der Waals surface area contributed by atoms with E-state index in [9.17, 15) is 15.2 Å². The van der Waals surface area contributed by atoms with E-state index in [0.717, 1.165) is 36.0 Å². The van der Waals surface area contributed by atoms with Gasteiger partial charge in [-0.3, -0.25) is 4.79 Å². The highest BCUT2D eigenvalue weighted by atomic mass is 16.4. The Morgan fingerprint density at radius 3 is 2.28 bits per heavy atom. The van der Waals surface area contributed by atoms with Crippen molar-refractivity contribution >= 4 is 5.97 Å². The lowest BCUT2D eigenvalue weighted by Crippen LogP contribution is -2.42. The van der Waals surface area contributed by atoms with Gasteiger partial charge in [-0.1, -0.05) is 81.6 Å². The third-order valence-electron chi connectivity index (χ3n) is 6.54. The summed E-state index contributed by atoms with van der Waals surface area (Å²) in [7, 11) is 0. The SMILES string of the molecule is CCCCCc1ccc(-c2ccc(C3C(C)CCCC3(C#N)C(=O)O)cc2)cc1. The number of aryl methyl sites for hydroxylation is 1. The molecule has 1 saturated carbocycles. The van der Waals surface area contributed by atoms with Crippen LogP contribution in [0.1, 0.15) is 69.4 Å². The minimum Gasteiger partial charge on any atom is -0.480 e. The van der Waals surface area contributed by atoms with Crippen LogP contribution in [0.2, 0.25) is 0 Å². The normalized spacial score (nSPS) is 24.0. The number of nitriles is 1. The zero-order valence-electron chi connectivity index (χ0n) is 17.5. The van der Waals surface area contributed by atoms with Crippen LogP contribution in [-0.4, -0.2) is 11.1 Å². The minimum absolute atomic E-state index is 0.174. The predicted molar refractivity (Wildman–Crippen MR) is 117 cm³/mol. The standard InChI is InChI=1S/C26H31NO2/c1-3-4-5-8-20-9-11-21(12-10-20)22-13-15-23(16-14-22)24-19(2)7-6-17-26(24,18-27)25(28)29/h9-16,19,24H,3-8,17H2,1-2H3,(H,28,29). The Morgan fingerprint density at radius 1 is 1.10 bits per heavy atom. The second-order valence-electron chi connectivity index (χ2n) is 8.51. The number of nitrogens with zero attached hydrogens (tertiary/aromatic N) is 1. The minimum atomic E-state index is -1.32. The molecular weight excluding hydrogens is 358 g/mol. The van der Waals surface area contributed by atoms with Crippen LogP contribution in [0.15, 0.2) is 48.5 Å². The van der Waals surface area contributed by atoms with Gasteiger partial charge in [0.05, 0.1) is 6.07 Å². The van der Waals surface area contributed by atoms with E-state index in [1.165, 1.54) is 24.8 Å². The molecule has 3 atom stereocenters. The molecule has 3 rings (SSSR count). The molecule has 0 saturated heterocycles. The lowest BCUT2D eigenvalue weighted by atomic mass is 9.60. The fraction of sp³-hybridized carbons (Fsp3) is 0.462. The summed E-state index contributed by atoms with van der Waals surface area (Å²) in [5.41, 5.74) is 3.29. The van der Waals surface area contributed by atoms with Gasteiger partial charge in [0.15, 0.2) is 5.41 Å². The average molecular weight is 390 g/mol. The predicted octanol–water partition coefficient (Wildman–Crippen LogP) is 6.58. The molecule has 0 amide bonds. The zero-order valence-corrected chi connectivity index (χ0v) is 17.5. The number of hydrogen-bond acceptors (Lipinski definition) is 2. The Morgan fingerprint density at radius 2 is 1.72 bits per heavy atom. The Balaban J connectivity index is 1.82. The van der Waals surface area contributed by atoms with Crippen molar-refractivity contribution in [2.45, 2.75) is 64.7 Å². The number of rotatable bonds is 7. The topological polar surface area (TPSA) is 61.1 Å². The van der Waals surface area contributed by atoms with E-state index in [0.29, 0.717) is 6.42 Å². The van der Waals surface area contributed by atoms with Gasteiger partial charge in [0.25, 0.3) is 0 Å². The maximum atomic E-state index is 12.0.